The van der Waals surface area contributed by atoms with Gasteiger partial charge in [-0.05, 0) is 37.1 Å². The van der Waals surface area contributed by atoms with E-state index in [1.165, 1.54) is 5.56 Å². The van der Waals surface area contributed by atoms with Gasteiger partial charge >= 0.3 is 0 Å². The molecule has 24 heavy (non-hydrogen) atoms. The molecule has 0 saturated heterocycles. The van der Waals surface area contributed by atoms with Crippen LogP contribution >= 0.6 is 24.0 Å². The van der Waals surface area contributed by atoms with Gasteiger partial charge in [0.2, 0.25) is 0 Å². The number of nitrogens with one attached hydrogen (secondary N) is 2. The van der Waals surface area contributed by atoms with Crippen molar-refractivity contribution in [1.29, 1.82) is 0 Å². The number of aliphatic imine (C=N–C) groups is 1. The molecule has 2 N–H and O–H groups in total. The smallest absolute Gasteiger partial charge is 0.191 e. The Balaban J connectivity index is 0.00000288. The molecule has 132 valence electrons. The number of para-hydroxylation sites is 1. The first-order valence-corrected chi connectivity index (χ1v) is 8.01. The third-order valence-corrected chi connectivity index (χ3v) is 3.43. The first-order chi connectivity index (χ1) is 11.3. The number of ether oxygens (including phenoxy) is 1. The molecule has 0 aliphatic rings. The number of nitrogens with zero attached hydrogens (tertiary/aromatic N) is 1. The van der Waals surface area contributed by atoms with E-state index in [0.29, 0.717) is 6.61 Å². The molecule has 0 fully saturated rings. The van der Waals surface area contributed by atoms with Gasteiger partial charge in [0, 0.05) is 26.6 Å². The lowest BCUT2D eigenvalue weighted by Gasteiger charge is -2.13. The number of halogens is 1. The van der Waals surface area contributed by atoms with Gasteiger partial charge in [-0.15, -0.1) is 24.0 Å². The standard InChI is InChI=1S/C18H25N3O2.HI/c1-3-22-17-9-5-4-7-15(17)10-12-20-18(19-2)21-13-11-16-8-6-14-23-16;/h4-9,14H,3,10-13H2,1-2H3,(H2,19,20,21);1H. The van der Waals surface area contributed by atoms with E-state index in [9.17, 15) is 0 Å². The zero-order chi connectivity index (χ0) is 16.3. The third-order valence-electron chi connectivity index (χ3n) is 3.43. The van der Waals surface area contributed by atoms with Crippen LogP contribution in [0.4, 0.5) is 0 Å². The summed E-state index contributed by atoms with van der Waals surface area (Å²) >= 11 is 0. The summed E-state index contributed by atoms with van der Waals surface area (Å²) in [7, 11) is 1.77. The van der Waals surface area contributed by atoms with Crippen LogP contribution in [-0.4, -0.2) is 32.7 Å². The van der Waals surface area contributed by atoms with E-state index in [4.69, 9.17) is 9.15 Å². The fourth-order valence-corrected chi connectivity index (χ4v) is 2.30. The summed E-state index contributed by atoms with van der Waals surface area (Å²) in [6.07, 6.45) is 3.41. The highest BCUT2D eigenvalue weighted by Crippen LogP contribution is 2.17. The van der Waals surface area contributed by atoms with Crippen LogP contribution in [0.2, 0.25) is 0 Å². The number of benzene rings is 1. The van der Waals surface area contributed by atoms with Gasteiger partial charge in [-0.2, -0.15) is 0 Å². The second-order valence-corrected chi connectivity index (χ2v) is 5.05. The van der Waals surface area contributed by atoms with Crippen molar-refractivity contribution in [1.82, 2.24) is 10.6 Å². The first-order valence-electron chi connectivity index (χ1n) is 8.01. The van der Waals surface area contributed by atoms with Crippen LogP contribution in [0.3, 0.4) is 0 Å². The van der Waals surface area contributed by atoms with Gasteiger partial charge in [-0.25, -0.2) is 0 Å². The molecule has 6 heteroatoms. The highest BCUT2D eigenvalue weighted by molar-refractivity contribution is 14.0. The predicted octanol–water partition coefficient (Wildman–Crippen LogP) is 3.25. The van der Waals surface area contributed by atoms with E-state index in [0.717, 1.165) is 43.4 Å². The number of hydrogen-bond acceptors (Lipinski definition) is 3. The maximum absolute atomic E-state index is 5.64. The van der Waals surface area contributed by atoms with E-state index >= 15 is 0 Å². The van der Waals surface area contributed by atoms with Gasteiger partial charge in [0.15, 0.2) is 5.96 Å². The minimum absolute atomic E-state index is 0. The van der Waals surface area contributed by atoms with Crippen molar-refractivity contribution < 1.29 is 9.15 Å². The minimum atomic E-state index is 0. The molecule has 1 aromatic heterocycles. The Labute approximate surface area is 160 Å². The van der Waals surface area contributed by atoms with Gasteiger partial charge < -0.3 is 19.8 Å². The molecule has 0 radical (unpaired) electrons. The summed E-state index contributed by atoms with van der Waals surface area (Å²) in [4.78, 5) is 4.23. The highest BCUT2D eigenvalue weighted by Gasteiger charge is 2.03. The Bertz CT molecular complexity index is 600. The second-order valence-electron chi connectivity index (χ2n) is 5.05. The van der Waals surface area contributed by atoms with Crippen molar-refractivity contribution in [3.8, 4) is 5.75 Å². The molecule has 0 aliphatic carbocycles. The van der Waals surface area contributed by atoms with Crippen molar-refractivity contribution in [3.63, 3.8) is 0 Å². The van der Waals surface area contributed by atoms with E-state index < -0.39 is 0 Å². The molecular formula is C18H26IN3O2. The molecule has 2 rings (SSSR count). The summed E-state index contributed by atoms with van der Waals surface area (Å²) in [6, 6.07) is 12.0. The minimum Gasteiger partial charge on any atom is -0.494 e. The van der Waals surface area contributed by atoms with E-state index in [-0.39, 0.29) is 24.0 Å². The molecule has 0 spiro atoms. The molecule has 2 aromatic rings. The van der Waals surface area contributed by atoms with Crippen LogP contribution in [0.25, 0.3) is 0 Å². The first kappa shape index (κ1) is 20.3. The summed E-state index contributed by atoms with van der Waals surface area (Å²) in [5, 5.41) is 6.60. The molecule has 0 aliphatic heterocycles. The average molecular weight is 443 g/mol. The van der Waals surface area contributed by atoms with Crippen molar-refractivity contribution in [2.24, 2.45) is 4.99 Å². The maximum Gasteiger partial charge on any atom is 0.191 e. The maximum atomic E-state index is 5.64. The van der Waals surface area contributed by atoms with Crippen LogP contribution in [0.5, 0.6) is 5.75 Å². The van der Waals surface area contributed by atoms with Crippen molar-refractivity contribution in [2.75, 3.05) is 26.7 Å². The molecule has 0 amide bonds. The largest absolute Gasteiger partial charge is 0.494 e. The fourth-order valence-electron chi connectivity index (χ4n) is 2.30. The Morgan fingerprint density at radius 3 is 2.50 bits per heavy atom. The highest BCUT2D eigenvalue weighted by atomic mass is 127. The topological polar surface area (TPSA) is 58.8 Å². The summed E-state index contributed by atoms with van der Waals surface area (Å²) in [6.45, 7) is 4.26. The molecule has 1 aromatic carbocycles. The Hall–Kier alpha value is -1.70. The van der Waals surface area contributed by atoms with E-state index in [1.54, 1.807) is 13.3 Å². The number of rotatable bonds is 8. The molecule has 0 unspecified atom stereocenters. The van der Waals surface area contributed by atoms with Crippen LogP contribution < -0.4 is 15.4 Å². The van der Waals surface area contributed by atoms with Crippen molar-refractivity contribution in [3.05, 3.63) is 54.0 Å². The third kappa shape index (κ3) is 6.82. The molecule has 1 heterocycles. The van der Waals surface area contributed by atoms with Gasteiger partial charge in [-0.3, -0.25) is 4.99 Å². The lowest BCUT2D eigenvalue weighted by atomic mass is 10.1. The van der Waals surface area contributed by atoms with Gasteiger partial charge in [0.25, 0.3) is 0 Å². The number of hydrogen-bond donors (Lipinski definition) is 2. The van der Waals surface area contributed by atoms with Crippen LogP contribution in [0.15, 0.2) is 52.1 Å². The lowest BCUT2D eigenvalue weighted by Crippen LogP contribution is -2.39. The zero-order valence-electron chi connectivity index (χ0n) is 14.2. The average Bonchev–Trinajstić information content (AvgIpc) is 3.08. The monoisotopic (exact) mass is 443 g/mol. The van der Waals surface area contributed by atoms with Crippen molar-refractivity contribution in [2.45, 2.75) is 19.8 Å². The second kappa shape index (κ2) is 11.8. The van der Waals surface area contributed by atoms with E-state index in [2.05, 4.69) is 21.7 Å². The van der Waals surface area contributed by atoms with Crippen LogP contribution in [0.1, 0.15) is 18.2 Å². The Kier molecular flexibility index (Phi) is 9.98. The van der Waals surface area contributed by atoms with E-state index in [1.807, 2.05) is 37.3 Å². The van der Waals surface area contributed by atoms with Crippen molar-refractivity contribution >= 4 is 29.9 Å². The molecule has 5 nitrogen and oxygen atoms in total. The number of furan rings is 1. The quantitative estimate of drug-likeness (QED) is 0.374. The van der Waals surface area contributed by atoms with Crippen LogP contribution in [0, 0.1) is 0 Å². The fraction of sp³-hybridized carbons (Fsp3) is 0.389. The summed E-state index contributed by atoms with van der Waals surface area (Å²) in [5.74, 6) is 2.72. The molecular weight excluding hydrogens is 417 g/mol. The zero-order valence-corrected chi connectivity index (χ0v) is 16.6. The lowest BCUT2D eigenvalue weighted by molar-refractivity contribution is 0.336. The summed E-state index contributed by atoms with van der Waals surface area (Å²) in [5.41, 5.74) is 1.20. The molecule has 0 bridgehead atoms. The summed E-state index contributed by atoms with van der Waals surface area (Å²) < 4.78 is 11.0. The van der Waals surface area contributed by atoms with Gasteiger partial charge in [-0.1, -0.05) is 18.2 Å². The SMILES string of the molecule is CCOc1ccccc1CCNC(=NC)NCCc1ccco1.I. The van der Waals surface area contributed by atoms with Crippen LogP contribution in [-0.2, 0) is 12.8 Å². The normalized spacial score (nSPS) is 10.8. The number of guanidine groups is 1. The predicted molar refractivity (Wildman–Crippen MR) is 109 cm³/mol. The molecule has 0 saturated carbocycles. The molecule has 0 atom stereocenters. The Morgan fingerprint density at radius 1 is 1.08 bits per heavy atom. The van der Waals surface area contributed by atoms with Gasteiger partial charge in [0.05, 0.1) is 12.9 Å². The van der Waals surface area contributed by atoms with Gasteiger partial charge in [0.1, 0.15) is 11.5 Å². The Morgan fingerprint density at radius 2 is 1.83 bits per heavy atom.